The maximum atomic E-state index is 9.48. The van der Waals surface area contributed by atoms with Gasteiger partial charge in [0.15, 0.2) is 0 Å². The molecule has 1 aromatic heterocycles. The van der Waals surface area contributed by atoms with Crippen molar-refractivity contribution in [2.24, 2.45) is 0 Å². The highest BCUT2D eigenvalue weighted by molar-refractivity contribution is 5.39. The molecule has 0 aromatic carbocycles. The van der Waals surface area contributed by atoms with Gasteiger partial charge in [0.2, 0.25) is 0 Å². The first-order valence-electron chi connectivity index (χ1n) is 4.40. The van der Waals surface area contributed by atoms with E-state index in [0.717, 1.165) is 5.69 Å². The molecule has 0 atom stereocenters. The topological polar surface area (TPSA) is 64.1 Å². The molecule has 0 amide bonds. The molecule has 0 saturated heterocycles. The van der Waals surface area contributed by atoms with E-state index in [2.05, 4.69) is 5.10 Å². The average Bonchev–Trinajstić information content (AvgIpc) is 2.27. The lowest BCUT2D eigenvalue weighted by atomic mass is 10.1. The zero-order chi connectivity index (χ0) is 10.1. The van der Waals surface area contributed by atoms with E-state index in [-0.39, 0.29) is 0 Å². The second-order valence-electron chi connectivity index (χ2n) is 4.00. The predicted octanol–water partition coefficient (Wildman–Crippen LogP) is 0.935. The monoisotopic (exact) mass is 183 g/mol. The summed E-state index contributed by atoms with van der Waals surface area (Å²) in [5.74, 6) is 0. The van der Waals surface area contributed by atoms with E-state index in [0.29, 0.717) is 18.7 Å². The molecule has 0 aliphatic carbocycles. The Morgan fingerprint density at radius 3 is 2.62 bits per heavy atom. The Morgan fingerprint density at radius 2 is 2.23 bits per heavy atom. The van der Waals surface area contributed by atoms with E-state index in [1.165, 1.54) is 0 Å². The molecular formula is C9H17N3O. The molecule has 0 fully saturated rings. The molecule has 74 valence electrons. The Morgan fingerprint density at radius 1 is 1.62 bits per heavy atom. The van der Waals surface area contributed by atoms with Crippen molar-refractivity contribution in [1.29, 1.82) is 0 Å². The van der Waals surface area contributed by atoms with Crippen LogP contribution in [-0.4, -0.2) is 20.5 Å². The van der Waals surface area contributed by atoms with Gasteiger partial charge in [-0.1, -0.05) is 0 Å². The second kappa shape index (κ2) is 3.38. The van der Waals surface area contributed by atoms with Crippen molar-refractivity contribution >= 4 is 5.69 Å². The highest BCUT2D eigenvalue weighted by Crippen LogP contribution is 2.11. The van der Waals surface area contributed by atoms with Crippen molar-refractivity contribution in [2.45, 2.75) is 39.3 Å². The number of rotatable bonds is 3. The summed E-state index contributed by atoms with van der Waals surface area (Å²) < 4.78 is 1.77. The molecule has 4 heteroatoms. The first kappa shape index (κ1) is 10.1. The van der Waals surface area contributed by atoms with Gasteiger partial charge in [-0.05, 0) is 27.2 Å². The van der Waals surface area contributed by atoms with Crippen molar-refractivity contribution in [2.75, 3.05) is 5.73 Å². The molecule has 0 bridgehead atoms. The number of nitrogens with two attached hydrogens (primary N) is 1. The van der Waals surface area contributed by atoms with Gasteiger partial charge in [-0.2, -0.15) is 5.10 Å². The molecule has 0 aliphatic rings. The second-order valence-corrected chi connectivity index (χ2v) is 4.00. The van der Waals surface area contributed by atoms with Gasteiger partial charge in [0, 0.05) is 12.7 Å². The van der Waals surface area contributed by atoms with Gasteiger partial charge in [-0.3, -0.25) is 4.68 Å². The Balaban J connectivity index is 2.56. The lowest BCUT2D eigenvalue weighted by Gasteiger charge is -2.16. The summed E-state index contributed by atoms with van der Waals surface area (Å²) in [5.41, 5.74) is 6.54. The fraction of sp³-hybridized carbons (Fsp3) is 0.667. The number of hydrogen-bond acceptors (Lipinski definition) is 3. The van der Waals surface area contributed by atoms with Crippen molar-refractivity contribution in [3.8, 4) is 0 Å². The summed E-state index contributed by atoms with van der Waals surface area (Å²) >= 11 is 0. The standard InChI is InChI=1S/C9H17N3O/c1-7-8(10)6-12(11-7)5-4-9(2,3)13/h6,13H,4-5,10H2,1-3H3. The van der Waals surface area contributed by atoms with E-state index in [4.69, 9.17) is 5.73 Å². The zero-order valence-electron chi connectivity index (χ0n) is 8.41. The molecule has 0 spiro atoms. The maximum Gasteiger partial charge on any atom is 0.0822 e. The summed E-state index contributed by atoms with van der Waals surface area (Å²) in [7, 11) is 0. The molecule has 0 aliphatic heterocycles. The molecular weight excluding hydrogens is 166 g/mol. The van der Waals surface area contributed by atoms with Crippen LogP contribution in [0.1, 0.15) is 26.0 Å². The minimum absolute atomic E-state index is 0.644. The minimum atomic E-state index is -0.644. The van der Waals surface area contributed by atoms with Gasteiger partial charge in [-0.25, -0.2) is 0 Å². The van der Waals surface area contributed by atoms with Crippen LogP contribution in [0, 0.1) is 6.92 Å². The van der Waals surface area contributed by atoms with E-state index in [1.54, 1.807) is 24.7 Å². The van der Waals surface area contributed by atoms with Gasteiger partial charge in [0.1, 0.15) is 0 Å². The van der Waals surface area contributed by atoms with Crippen LogP contribution in [0.25, 0.3) is 0 Å². The molecule has 13 heavy (non-hydrogen) atoms. The Labute approximate surface area is 78.4 Å². The molecule has 0 unspecified atom stereocenters. The number of nitrogen functional groups attached to an aromatic ring is 1. The summed E-state index contributed by atoms with van der Waals surface area (Å²) in [5, 5.41) is 13.7. The normalized spacial score (nSPS) is 12.0. The molecule has 4 nitrogen and oxygen atoms in total. The summed E-state index contributed by atoms with van der Waals surface area (Å²) in [6.45, 7) is 6.14. The van der Waals surface area contributed by atoms with Crippen LogP contribution in [0.4, 0.5) is 5.69 Å². The Bertz CT molecular complexity index is 266. The number of aliphatic hydroxyl groups is 1. The van der Waals surface area contributed by atoms with Gasteiger partial charge in [0.25, 0.3) is 0 Å². The number of aromatic nitrogens is 2. The van der Waals surface area contributed by atoms with Crippen LogP contribution >= 0.6 is 0 Å². The summed E-state index contributed by atoms with van der Waals surface area (Å²) in [4.78, 5) is 0. The average molecular weight is 183 g/mol. The van der Waals surface area contributed by atoms with E-state index >= 15 is 0 Å². The van der Waals surface area contributed by atoms with E-state index in [9.17, 15) is 5.11 Å². The van der Waals surface area contributed by atoms with Gasteiger partial charge in [-0.15, -0.1) is 0 Å². The number of nitrogens with zero attached hydrogens (tertiary/aromatic N) is 2. The van der Waals surface area contributed by atoms with E-state index < -0.39 is 5.60 Å². The predicted molar refractivity (Wildman–Crippen MR) is 52.3 cm³/mol. The lowest BCUT2D eigenvalue weighted by molar-refractivity contribution is 0.0651. The SMILES string of the molecule is Cc1nn(CCC(C)(C)O)cc1N. The number of hydrogen-bond donors (Lipinski definition) is 2. The largest absolute Gasteiger partial charge is 0.396 e. The van der Waals surface area contributed by atoms with Crippen LogP contribution in [-0.2, 0) is 6.54 Å². The van der Waals surface area contributed by atoms with Gasteiger partial charge in [0.05, 0.1) is 17.0 Å². The summed E-state index contributed by atoms with van der Waals surface area (Å²) in [6.07, 6.45) is 2.47. The molecule has 0 radical (unpaired) electrons. The molecule has 1 heterocycles. The first-order valence-corrected chi connectivity index (χ1v) is 4.40. The zero-order valence-corrected chi connectivity index (χ0v) is 8.41. The summed E-state index contributed by atoms with van der Waals surface area (Å²) in [6, 6.07) is 0. The maximum absolute atomic E-state index is 9.48. The number of aryl methyl sites for hydroxylation is 2. The van der Waals surface area contributed by atoms with Crippen molar-refractivity contribution in [3.05, 3.63) is 11.9 Å². The first-order chi connectivity index (χ1) is 5.88. The number of anilines is 1. The third-order valence-corrected chi connectivity index (χ3v) is 1.94. The molecule has 0 saturated carbocycles. The van der Waals surface area contributed by atoms with Crippen molar-refractivity contribution in [3.63, 3.8) is 0 Å². The van der Waals surface area contributed by atoms with Crippen LogP contribution < -0.4 is 5.73 Å². The lowest BCUT2D eigenvalue weighted by Crippen LogP contribution is -2.21. The van der Waals surface area contributed by atoms with Crippen LogP contribution in [0.3, 0.4) is 0 Å². The third kappa shape index (κ3) is 3.06. The molecule has 1 rings (SSSR count). The highest BCUT2D eigenvalue weighted by atomic mass is 16.3. The third-order valence-electron chi connectivity index (χ3n) is 1.94. The van der Waals surface area contributed by atoms with Gasteiger partial charge < -0.3 is 10.8 Å². The van der Waals surface area contributed by atoms with Crippen LogP contribution in [0.15, 0.2) is 6.20 Å². The Hall–Kier alpha value is -1.03. The van der Waals surface area contributed by atoms with Crippen molar-refractivity contribution < 1.29 is 5.11 Å². The van der Waals surface area contributed by atoms with Crippen molar-refractivity contribution in [1.82, 2.24) is 9.78 Å². The minimum Gasteiger partial charge on any atom is -0.396 e. The highest BCUT2D eigenvalue weighted by Gasteiger charge is 2.12. The van der Waals surface area contributed by atoms with Crippen LogP contribution in [0.5, 0.6) is 0 Å². The van der Waals surface area contributed by atoms with E-state index in [1.807, 2.05) is 6.92 Å². The van der Waals surface area contributed by atoms with Crippen LogP contribution in [0.2, 0.25) is 0 Å². The quantitative estimate of drug-likeness (QED) is 0.732. The smallest absolute Gasteiger partial charge is 0.0822 e. The van der Waals surface area contributed by atoms with Gasteiger partial charge >= 0.3 is 0 Å². The fourth-order valence-corrected chi connectivity index (χ4v) is 1.04. The molecule has 1 aromatic rings. The Kier molecular flexibility index (Phi) is 2.61. The fourth-order valence-electron chi connectivity index (χ4n) is 1.04. The molecule has 3 N–H and O–H groups in total.